The number of nitro benzene ring substituents is 1. The number of nitro groups is 1. The van der Waals surface area contributed by atoms with Crippen molar-refractivity contribution in [3.63, 3.8) is 0 Å². The molecule has 2 fully saturated rings. The van der Waals surface area contributed by atoms with Gasteiger partial charge in [0.05, 0.1) is 4.92 Å². The molecule has 1 N–H and O–H groups in total. The first kappa shape index (κ1) is 16.9. The van der Waals surface area contributed by atoms with Gasteiger partial charge in [0, 0.05) is 55.7 Å². The number of piperidine rings is 1. The van der Waals surface area contributed by atoms with Gasteiger partial charge in [-0.05, 0) is 26.7 Å². The van der Waals surface area contributed by atoms with Gasteiger partial charge in [-0.25, -0.2) is 4.79 Å². The van der Waals surface area contributed by atoms with Crippen LogP contribution in [-0.4, -0.2) is 52.8 Å². The summed E-state index contributed by atoms with van der Waals surface area (Å²) in [4.78, 5) is 25.8. The topological polar surface area (TPSA) is 96.2 Å². The van der Waals surface area contributed by atoms with Crippen LogP contribution < -0.4 is 9.64 Å². The van der Waals surface area contributed by atoms with E-state index in [1.165, 1.54) is 4.90 Å². The van der Waals surface area contributed by atoms with Crippen molar-refractivity contribution in [2.24, 2.45) is 5.41 Å². The molecular weight excluding hydrogens is 338 g/mol. The highest BCUT2D eigenvalue weighted by Crippen LogP contribution is 2.46. The second kappa shape index (κ2) is 5.49. The normalized spacial score (nSPS) is 22.5. The molecule has 1 amide bonds. The molecule has 0 saturated carbocycles. The van der Waals surface area contributed by atoms with Gasteiger partial charge in [0.15, 0.2) is 0 Å². The van der Waals surface area contributed by atoms with Crippen LogP contribution in [0.15, 0.2) is 12.1 Å². The van der Waals surface area contributed by atoms with E-state index in [0.717, 1.165) is 24.2 Å². The lowest BCUT2D eigenvalue weighted by molar-refractivity contribution is -0.384. The van der Waals surface area contributed by atoms with Gasteiger partial charge in [-0.1, -0.05) is 0 Å². The molecule has 3 aliphatic heterocycles. The molecule has 1 spiro atoms. The molecule has 26 heavy (non-hydrogen) atoms. The fourth-order valence-corrected chi connectivity index (χ4v) is 4.46. The molecular formula is C18H23N3O5. The maximum Gasteiger partial charge on any atom is 0.407 e. The van der Waals surface area contributed by atoms with E-state index in [-0.39, 0.29) is 21.6 Å². The first-order chi connectivity index (χ1) is 12.2. The molecule has 0 aliphatic carbocycles. The summed E-state index contributed by atoms with van der Waals surface area (Å²) in [5.41, 5.74) is 1.32. The number of anilines is 1. The van der Waals surface area contributed by atoms with Gasteiger partial charge in [0.25, 0.3) is 5.69 Å². The van der Waals surface area contributed by atoms with Crippen molar-refractivity contribution in [1.82, 2.24) is 4.90 Å². The average molecular weight is 361 g/mol. The van der Waals surface area contributed by atoms with Crippen molar-refractivity contribution < 1.29 is 19.6 Å². The lowest BCUT2D eigenvalue weighted by atomic mass is 9.72. The van der Waals surface area contributed by atoms with Gasteiger partial charge < -0.3 is 19.6 Å². The third-order valence-corrected chi connectivity index (χ3v) is 5.84. The Balaban J connectivity index is 1.54. The van der Waals surface area contributed by atoms with Crippen LogP contribution in [0.4, 0.5) is 16.2 Å². The van der Waals surface area contributed by atoms with E-state index in [0.29, 0.717) is 38.3 Å². The molecule has 1 aromatic rings. The molecule has 140 valence electrons. The van der Waals surface area contributed by atoms with Crippen LogP contribution in [0.25, 0.3) is 0 Å². The summed E-state index contributed by atoms with van der Waals surface area (Å²) in [6.07, 6.45) is 1.49. The second-order valence-electron chi connectivity index (χ2n) is 8.37. The highest BCUT2D eigenvalue weighted by Gasteiger charge is 2.47. The van der Waals surface area contributed by atoms with Gasteiger partial charge >= 0.3 is 6.09 Å². The van der Waals surface area contributed by atoms with E-state index in [4.69, 9.17) is 9.84 Å². The number of hydrogen-bond donors (Lipinski definition) is 1. The van der Waals surface area contributed by atoms with Crippen LogP contribution in [0, 0.1) is 15.5 Å². The van der Waals surface area contributed by atoms with E-state index in [9.17, 15) is 14.9 Å². The molecule has 3 aliphatic rings. The van der Waals surface area contributed by atoms with Crippen molar-refractivity contribution in [2.45, 2.75) is 38.7 Å². The van der Waals surface area contributed by atoms with Crippen LogP contribution in [0.1, 0.15) is 32.3 Å². The van der Waals surface area contributed by atoms with Crippen LogP contribution >= 0.6 is 0 Å². The van der Waals surface area contributed by atoms with Crippen LogP contribution in [0.3, 0.4) is 0 Å². The first-order valence-corrected chi connectivity index (χ1v) is 8.91. The van der Waals surface area contributed by atoms with E-state index in [2.05, 4.69) is 0 Å². The Morgan fingerprint density at radius 2 is 1.92 bits per heavy atom. The molecule has 4 rings (SSSR count). The minimum atomic E-state index is -0.868. The Bertz CT molecular complexity index is 775. The highest BCUT2D eigenvalue weighted by molar-refractivity contribution is 5.69. The number of nitrogens with zero attached hydrogens (tertiary/aromatic N) is 3. The number of rotatable bonds is 2. The lowest BCUT2D eigenvalue weighted by Gasteiger charge is -2.53. The summed E-state index contributed by atoms with van der Waals surface area (Å²) in [7, 11) is 0. The Labute approximate surface area is 151 Å². The SMILES string of the molecule is CC1(C)Cc2cc([N+](=O)[O-])c(N3CCC4(CC3)CN(C(=O)O)C4)cc2O1. The quantitative estimate of drug-likeness (QED) is 0.643. The number of ether oxygens (including phenoxy) is 1. The summed E-state index contributed by atoms with van der Waals surface area (Å²) in [5.74, 6) is 0.733. The van der Waals surface area contributed by atoms with Crippen molar-refractivity contribution in [1.29, 1.82) is 0 Å². The summed E-state index contributed by atoms with van der Waals surface area (Å²) < 4.78 is 5.95. The molecule has 0 aromatic heterocycles. The molecule has 2 saturated heterocycles. The minimum absolute atomic E-state index is 0.0406. The number of amides is 1. The van der Waals surface area contributed by atoms with Crippen molar-refractivity contribution in [2.75, 3.05) is 31.1 Å². The third kappa shape index (κ3) is 2.73. The maximum absolute atomic E-state index is 11.6. The summed E-state index contributed by atoms with van der Waals surface area (Å²) in [6.45, 7) is 6.48. The Morgan fingerprint density at radius 3 is 2.50 bits per heavy atom. The number of carbonyl (C=O) groups is 1. The fourth-order valence-electron chi connectivity index (χ4n) is 4.46. The number of carboxylic acid groups (broad SMARTS) is 1. The van der Waals surface area contributed by atoms with Gasteiger partial charge in [-0.2, -0.15) is 0 Å². The molecule has 0 radical (unpaired) electrons. The summed E-state index contributed by atoms with van der Waals surface area (Å²) >= 11 is 0. The van der Waals surface area contributed by atoms with Gasteiger partial charge in [0.1, 0.15) is 17.0 Å². The van der Waals surface area contributed by atoms with Crippen LogP contribution in [0.2, 0.25) is 0 Å². The number of fused-ring (bicyclic) bond motifs is 1. The summed E-state index contributed by atoms with van der Waals surface area (Å²) in [5, 5.41) is 20.6. The highest BCUT2D eigenvalue weighted by atomic mass is 16.6. The second-order valence-corrected chi connectivity index (χ2v) is 8.37. The summed E-state index contributed by atoms with van der Waals surface area (Å²) in [6, 6.07) is 3.46. The predicted octanol–water partition coefficient (Wildman–Crippen LogP) is 2.89. The van der Waals surface area contributed by atoms with E-state index in [1.807, 2.05) is 24.8 Å². The van der Waals surface area contributed by atoms with E-state index >= 15 is 0 Å². The molecule has 3 heterocycles. The largest absolute Gasteiger partial charge is 0.487 e. The van der Waals surface area contributed by atoms with Crippen molar-refractivity contribution in [3.8, 4) is 5.75 Å². The minimum Gasteiger partial charge on any atom is -0.487 e. The zero-order valence-corrected chi connectivity index (χ0v) is 15.0. The Hall–Kier alpha value is -2.51. The van der Waals surface area contributed by atoms with E-state index < -0.39 is 6.09 Å². The van der Waals surface area contributed by atoms with E-state index in [1.54, 1.807) is 6.07 Å². The predicted molar refractivity (Wildman–Crippen MR) is 95.0 cm³/mol. The molecule has 1 aromatic carbocycles. The number of likely N-dealkylation sites (tertiary alicyclic amines) is 1. The first-order valence-electron chi connectivity index (χ1n) is 8.91. The molecule has 8 heteroatoms. The van der Waals surface area contributed by atoms with Crippen LogP contribution in [-0.2, 0) is 6.42 Å². The zero-order chi connectivity index (χ0) is 18.7. The van der Waals surface area contributed by atoms with Gasteiger partial charge in [-0.15, -0.1) is 0 Å². The average Bonchev–Trinajstić information content (AvgIpc) is 2.84. The Kier molecular flexibility index (Phi) is 3.58. The van der Waals surface area contributed by atoms with Gasteiger partial charge in [-0.3, -0.25) is 10.1 Å². The third-order valence-electron chi connectivity index (χ3n) is 5.84. The van der Waals surface area contributed by atoms with Crippen LogP contribution in [0.5, 0.6) is 5.75 Å². The monoisotopic (exact) mass is 361 g/mol. The lowest BCUT2D eigenvalue weighted by Crippen LogP contribution is -2.61. The standard InChI is InChI=1S/C18H23N3O5/c1-17(2)9-12-7-14(21(24)25)13(8-15(12)26-17)19-5-3-18(4-6-19)10-20(11-18)16(22)23/h7-8H,3-6,9-11H2,1-2H3,(H,22,23). The van der Waals surface area contributed by atoms with Crippen molar-refractivity contribution >= 4 is 17.5 Å². The fraction of sp³-hybridized carbons (Fsp3) is 0.611. The Morgan fingerprint density at radius 1 is 1.27 bits per heavy atom. The molecule has 0 bridgehead atoms. The number of benzene rings is 1. The molecule has 0 atom stereocenters. The van der Waals surface area contributed by atoms with Crippen molar-refractivity contribution in [3.05, 3.63) is 27.8 Å². The molecule has 0 unspecified atom stereocenters. The molecule has 8 nitrogen and oxygen atoms in total. The smallest absolute Gasteiger partial charge is 0.407 e. The number of hydrogen-bond acceptors (Lipinski definition) is 5. The maximum atomic E-state index is 11.6. The van der Waals surface area contributed by atoms with Gasteiger partial charge in [0.2, 0.25) is 0 Å². The zero-order valence-electron chi connectivity index (χ0n) is 15.0.